The molecule has 1 aromatic heterocycles. The number of pyridine rings is 1. The molecular formula is C29H36FN3O3. The minimum Gasteiger partial charge on any atom is -0.472 e. The lowest BCUT2D eigenvalue weighted by atomic mass is 9.99. The van der Waals surface area contributed by atoms with Crippen molar-refractivity contribution in [3.05, 3.63) is 59.0 Å². The van der Waals surface area contributed by atoms with Crippen molar-refractivity contribution < 1.29 is 19.0 Å². The molecule has 0 radical (unpaired) electrons. The van der Waals surface area contributed by atoms with Crippen molar-refractivity contribution in [2.45, 2.75) is 51.7 Å². The van der Waals surface area contributed by atoms with Crippen LogP contribution in [0.4, 0.5) is 4.39 Å². The second-order valence-corrected chi connectivity index (χ2v) is 10.3. The maximum atomic E-state index is 13.6. The number of aromatic nitrogens is 1. The molecule has 0 unspecified atom stereocenters. The smallest absolute Gasteiger partial charge is 0.259 e. The molecule has 36 heavy (non-hydrogen) atoms. The van der Waals surface area contributed by atoms with Gasteiger partial charge in [0.05, 0.1) is 12.6 Å². The van der Waals surface area contributed by atoms with Crippen molar-refractivity contribution in [3.8, 4) is 17.7 Å². The molecule has 1 amide bonds. The van der Waals surface area contributed by atoms with Gasteiger partial charge in [-0.1, -0.05) is 37.7 Å². The van der Waals surface area contributed by atoms with E-state index in [0.29, 0.717) is 23.2 Å². The number of amides is 1. The Balaban J connectivity index is 1.61. The molecule has 0 spiro atoms. The third-order valence-electron chi connectivity index (χ3n) is 7.23. The van der Waals surface area contributed by atoms with Gasteiger partial charge in [-0.3, -0.25) is 4.79 Å². The Hall–Kier alpha value is -2.95. The average Bonchev–Trinajstić information content (AvgIpc) is 3.37. The summed E-state index contributed by atoms with van der Waals surface area (Å²) in [6, 6.07) is 7.40. The number of nitrogens with zero attached hydrogens (tertiary/aromatic N) is 3. The molecule has 2 heterocycles. The fraction of sp³-hybridized carbons (Fsp3) is 0.517. The van der Waals surface area contributed by atoms with E-state index in [-0.39, 0.29) is 42.3 Å². The molecule has 0 bridgehead atoms. The lowest BCUT2D eigenvalue weighted by molar-refractivity contribution is 0.0320. The summed E-state index contributed by atoms with van der Waals surface area (Å²) in [7, 11) is 2.13. The summed E-state index contributed by atoms with van der Waals surface area (Å²) in [5.74, 6) is 6.40. The minimum atomic E-state index is -0.353. The van der Waals surface area contributed by atoms with Crippen LogP contribution >= 0.6 is 0 Å². The zero-order valence-corrected chi connectivity index (χ0v) is 21.4. The van der Waals surface area contributed by atoms with Gasteiger partial charge in [-0.2, -0.15) is 0 Å². The second kappa shape index (κ2) is 11.9. The van der Waals surface area contributed by atoms with Crippen LogP contribution in [-0.2, 0) is 0 Å². The van der Waals surface area contributed by atoms with Gasteiger partial charge in [-0.05, 0) is 57.0 Å². The molecule has 192 valence electrons. The number of benzene rings is 1. The van der Waals surface area contributed by atoms with Crippen molar-refractivity contribution in [3.63, 3.8) is 0 Å². The SMILES string of the molecule is C[C@H]1CN([C@@H](C)CO)C(=O)c2cc(C#Cc3cccc(F)c3)cnc2O[C@H]1CN(C)CC1CCCC1. The Kier molecular flexibility index (Phi) is 8.60. The van der Waals surface area contributed by atoms with E-state index in [4.69, 9.17) is 4.74 Å². The lowest BCUT2D eigenvalue weighted by Gasteiger charge is -2.38. The fourth-order valence-electron chi connectivity index (χ4n) is 5.11. The standard InChI is InChI=1S/C29H36FN3O3/c1-20-16-33(21(2)19-34)29(35)26-14-24(12-11-22-9-6-10-25(30)13-22)15-31-28(26)36-27(20)18-32(3)17-23-7-4-5-8-23/h6,9-10,13-15,20-21,23,27,34H,4-5,7-8,16-19H2,1-3H3/t20-,21-,27-/m0/s1. The molecule has 6 nitrogen and oxygen atoms in total. The van der Waals surface area contributed by atoms with Gasteiger partial charge in [-0.15, -0.1) is 0 Å². The van der Waals surface area contributed by atoms with Gasteiger partial charge in [0.2, 0.25) is 5.88 Å². The minimum absolute atomic E-state index is 0.0522. The van der Waals surface area contributed by atoms with E-state index >= 15 is 0 Å². The number of likely N-dealkylation sites (N-methyl/N-ethyl adjacent to an activating group) is 1. The quantitative estimate of drug-likeness (QED) is 0.617. The third-order valence-corrected chi connectivity index (χ3v) is 7.23. The molecule has 2 aromatic rings. The highest BCUT2D eigenvalue weighted by Gasteiger charge is 2.34. The number of rotatable bonds is 6. The zero-order chi connectivity index (χ0) is 25.7. The monoisotopic (exact) mass is 493 g/mol. The number of halogens is 1. The molecule has 1 aliphatic carbocycles. The normalized spacial score (nSPS) is 21.3. The van der Waals surface area contributed by atoms with Crippen LogP contribution in [0.1, 0.15) is 61.0 Å². The van der Waals surface area contributed by atoms with E-state index in [2.05, 4.69) is 35.7 Å². The van der Waals surface area contributed by atoms with Crippen molar-refractivity contribution in [2.75, 3.05) is 33.3 Å². The maximum absolute atomic E-state index is 13.6. The summed E-state index contributed by atoms with van der Waals surface area (Å²) in [4.78, 5) is 22.1. The van der Waals surface area contributed by atoms with Crippen LogP contribution in [-0.4, -0.2) is 71.2 Å². The molecule has 1 N–H and O–H groups in total. The molecule has 0 saturated heterocycles. The number of carbonyl (C=O) groups is 1. The Morgan fingerprint density at radius 2 is 1.97 bits per heavy atom. The van der Waals surface area contributed by atoms with Gasteiger partial charge in [0.15, 0.2) is 0 Å². The highest BCUT2D eigenvalue weighted by molar-refractivity contribution is 5.97. The van der Waals surface area contributed by atoms with Crippen LogP contribution in [0.2, 0.25) is 0 Å². The van der Waals surface area contributed by atoms with E-state index in [1.807, 2.05) is 6.92 Å². The summed E-state index contributed by atoms with van der Waals surface area (Å²) in [6.07, 6.45) is 6.62. The molecule has 1 fully saturated rings. The first-order valence-corrected chi connectivity index (χ1v) is 12.9. The number of fused-ring (bicyclic) bond motifs is 1. The molecule has 1 aromatic carbocycles. The molecule has 1 saturated carbocycles. The fourth-order valence-corrected chi connectivity index (χ4v) is 5.11. The topological polar surface area (TPSA) is 65.9 Å². The second-order valence-electron chi connectivity index (χ2n) is 10.3. The van der Waals surface area contributed by atoms with E-state index in [9.17, 15) is 14.3 Å². The van der Waals surface area contributed by atoms with Crippen LogP contribution < -0.4 is 4.74 Å². The van der Waals surface area contributed by atoms with Gasteiger partial charge >= 0.3 is 0 Å². The number of ether oxygens (including phenoxy) is 1. The van der Waals surface area contributed by atoms with Crippen LogP contribution in [0.15, 0.2) is 36.5 Å². The largest absolute Gasteiger partial charge is 0.472 e. The zero-order valence-electron chi connectivity index (χ0n) is 21.4. The summed E-state index contributed by atoms with van der Waals surface area (Å²) >= 11 is 0. The highest BCUT2D eigenvalue weighted by atomic mass is 19.1. The molecule has 2 aliphatic rings. The van der Waals surface area contributed by atoms with Crippen molar-refractivity contribution >= 4 is 5.91 Å². The number of hydrogen-bond donors (Lipinski definition) is 1. The number of aliphatic hydroxyl groups excluding tert-OH is 1. The molecule has 3 atom stereocenters. The van der Waals surface area contributed by atoms with Crippen molar-refractivity contribution in [2.24, 2.45) is 11.8 Å². The van der Waals surface area contributed by atoms with Crippen LogP contribution in [0, 0.1) is 29.5 Å². The Labute approximate surface area is 213 Å². The van der Waals surface area contributed by atoms with Gasteiger partial charge in [0, 0.05) is 42.9 Å². The summed E-state index contributed by atoms with van der Waals surface area (Å²) in [5, 5.41) is 9.86. The van der Waals surface area contributed by atoms with Crippen molar-refractivity contribution in [1.29, 1.82) is 0 Å². The van der Waals surface area contributed by atoms with Crippen LogP contribution in [0.5, 0.6) is 5.88 Å². The number of aliphatic hydroxyl groups is 1. The highest BCUT2D eigenvalue weighted by Crippen LogP contribution is 2.29. The Bertz CT molecular complexity index is 1120. The Morgan fingerprint density at radius 3 is 2.69 bits per heavy atom. The van der Waals surface area contributed by atoms with Crippen LogP contribution in [0.3, 0.4) is 0 Å². The van der Waals surface area contributed by atoms with Gasteiger partial charge in [-0.25, -0.2) is 9.37 Å². The Morgan fingerprint density at radius 1 is 1.22 bits per heavy atom. The lowest BCUT2D eigenvalue weighted by Crippen LogP contribution is -2.50. The van der Waals surface area contributed by atoms with E-state index in [1.165, 1.54) is 37.8 Å². The summed E-state index contributed by atoms with van der Waals surface area (Å²) in [6.45, 7) is 6.04. The van der Waals surface area contributed by atoms with E-state index < -0.39 is 0 Å². The summed E-state index contributed by atoms with van der Waals surface area (Å²) < 4.78 is 19.9. The molecular weight excluding hydrogens is 457 g/mol. The first kappa shape index (κ1) is 26.1. The first-order valence-electron chi connectivity index (χ1n) is 12.9. The number of hydrogen-bond acceptors (Lipinski definition) is 5. The predicted octanol–water partition coefficient (Wildman–Crippen LogP) is 3.96. The van der Waals surface area contributed by atoms with Gasteiger partial charge < -0.3 is 19.6 Å². The first-order chi connectivity index (χ1) is 17.3. The van der Waals surface area contributed by atoms with E-state index in [0.717, 1.165) is 19.0 Å². The van der Waals surface area contributed by atoms with Gasteiger partial charge in [0.25, 0.3) is 5.91 Å². The van der Waals surface area contributed by atoms with Crippen LogP contribution in [0.25, 0.3) is 0 Å². The third kappa shape index (κ3) is 6.43. The molecule has 4 rings (SSSR count). The molecule has 1 aliphatic heterocycles. The predicted molar refractivity (Wildman–Crippen MR) is 137 cm³/mol. The maximum Gasteiger partial charge on any atom is 0.259 e. The summed E-state index contributed by atoms with van der Waals surface area (Å²) in [5.41, 5.74) is 1.41. The van der Waals surface area contributed by atoms with Crippen molar-refractivity contribution in [1.82, 2.24) is 14.8 Å². The van der Waals surface area contributed by atoms with E-state index in [1.54, 1.807) is 29.3 Å². The van der Waals surface area contributed by atoms with Gasteiger partial charge in [0.1, 0.15) is 17.5 Å². The molecule has 7 heteroatoms. The number of carbonyl (C=O) groups excluding carboxylic acids is 1. The average molecular weight is 494 g/mol.